The highest BCUT2D eigenvalue weighted by Gasteiger charge is 2.25. The number of nitrogen functional groups attached to an aromatic ring is 1. The fourth-order valence-corrected chi connectivity index (χ4v) is 2.85. The van der Waals surface area contributed by atoms with Gasteiger partial charge in [0, 0.05) is 36.7 Å². The largest absolute Gasteiger partial charge is 0.399 e. The van der Waals surface area contributed by atoms with E-state index in [0.717, 1.165) is 37.3 Å². The van der Waals surface area contributed by atoms with E-state index >= 15 is 0 Å². The third-order valence-electron chi connectivity index (χ3n) is 4.01. The number of nitrogens with two attached hydrogens (primary N) is 1. The van der Waals surface area contributed by atoms with E-state index in [-0.39, 0.29) is 11.9 Å². The summed E-state index contributed by atoms with van der Waals surface area (Å²) in [6.45, 7) is 3.66. The lowest BCUT2D eigenvalue weighted by Gasteiger charge is -2.22. The standard InChI is InChI=1S/C16H20N4O/c1-12(16(21)19-8-2-3-9-19)20-10-7-18-15(20)13-5-4-6-14(17)11-13/h4-7,10-12H,2-3,8-9,17H2,1H3. The van der Waals surface area contributed by atoms with Crippen LogP contribution in [-0.2, 0) is 4.79 Å². The van der Waals surface area contributed by atoms with Crippen molar-refractivity contribution in [3.63, 3.8) is 0 Å². The number of likely N-dealkylation sites (tertiary alicyclic amines) is 1. The molecule has 110 valence electrons. The van der Waals surface area contributed by atoms with Gasteiger partial charge in [0.05, 0.1) is 0 Å². The number of hydrogen-bond acceptors (Lipinski definition) is 3. The number of rotatable bonds is 3. The minimum atomic E-state index is -0.248. The molecule has 2 aromatic rings. The van der Waals surface area contributed by atoms with E-state index in [1.54, 1.807) is 6.20 Å². The fraction of sp³-hybridized carbons (Fsp3) is 0.375. The minimum absolute atomic E-state index is 0.163. The first-order chi connectivity index (χ1) is 10.2. The average Bonchev–Trinajstić information content (AvgIpc) is 3.16. The Labute approximate surface area is 124 Å². The van der Waals surface area contributed by atoms with Crippen LogP contribution in [0.4, 0.5) is 5.69 Å². The monoisotopic (exact) mass is 284 g/mol. The average molecular weight is 284 g/mol. The van der Waals surface area contributed by atoms with Gasteiger partial charge in [0.1, 0.15) is 11.9 Å². The van der Waals surface area contributed by atoms with E-state index in [0.29, 0.717) is 5.69 Å². The predicted molar refractivity (Wildman–Crippen MR) is 82.6 cm³/mol. The van der Waals surface area contributed by atoms with Gasteiger partial charge in [0.25, 0.3) is 0 Å². The Balaban J connectivity index is 1.89. The molecule has 21 heavy (non-hydrogen) atoms. The smallest absolute Gasteiger partial charge is 0.245 e. The zero-order chi connectivity index (χ0) is 14.8. The Kier molecular flexibility index (Phi) is 3.64. The van der Waals surface area contributed by atoms with Crippen LogP contribution in [0, 0.1) is 0 Å². The van der Waals surface area contributed by atoms with Crippen LogP contribution in [0.3, 0.4) is 0 Å². The van der Waals surface area contributed by atoms with Gasteiger partial charge >= 0.3 is 0 Å². The highest BCUT2D eigenvalue weighted by Crippen LogP contribution is 2.24. The van der Waals surface area contributed by atoms with E-state index in [1.807, 2.05) is 46.9 Å². The Bertz CT molecular complexity index is 643. The number of amides is 1. The lowest BCUT2D eigenvalue weighted by atomic mass is 10.1. The number of hydrogen-bond donors (Lipinski definition) is 1. The van der Waals surface area contributed by atoms with Crippen LogP contribution in [0.5, 0.6) is 0 Å². The summed E-state index contributed by atoms with van der Waals surface area (Å²) in [6, 6.07) is 7.34. The van der Waals surface area contributed by atoms with Crippen molar-refractivity contribution in [2.45, 2.75) is 25.8 Å². The van der Waals surface area contributed by atoms with Crippen LogP contribution in [0.25, 0.3) is 11.4 Å². The van der Waals surface area contributed by atoms with Gasteiger partial charge in [0.2, 0.25) is 5.91 Å². The first kappa shape index (κ1) is 13.7. The number of anilines is 1. The molecule has 1 saturated heterocycles. The van der Waals surface area contributed by atoms with Crippen LogP contribution in [0.1, 0.15) is 25.8 Å². The van der Waals surface area contributed by atoms with Crippen molar-refractivity contribution in [1.29, 1.82) is 0 Å². The van der Waals surface area contributed by atoms with Crippen molar-refractivity contribution in [1.82, 2.24) is 14.5 Å². The van der Waals surface area contributed by atoms with Gasteiger partial charge in [-0.2, -0.15) is 0 Å². The molecule has 0 saturated carbocycles. The van der Waals surface area contributed by atoms with Gasteiger partial charge in [-0.05, 0) is 31.9 Å². The van der Waals surface area contributed by atoms with Gasteiger partial charge in [-0.15, -0.1) is 0 Å². The van der Waals surface area contributed by atoms with E-state index < -0.39 is 0 Å². The fourth-order valence-electron chi connectivity index (χ4n) is 2.85. The molecule has 0 radical (unpaired) electrons. The molecule has 2 N–H and O–H groups in total. The van der Waals surface area contributed by atoms with Gasteiger partial charge < -0.3 is 15.2 Å². The molecule has 5 nitrogen and oxygen atoms in total. The molecule has 3 rings (SSSR count). The normalized spacial score (nSPS) is 16.1. The van der Waals surface area contributed by atoms with Crippen molar-refractivity contribution < 1.29 is 4.79 Å². The van der Waals surface area contributed by atoms with E-state index in [4.69, 9.17) is 5.73 Å². The molecule has 1 aliphatic heterocycles. The van der Waals surface area contributed by atoms with Gasteiger partial charge in [-0.25, -0.2) is 4.98 Å². The molecule has 5 heteroatoms. The van der Waals surface area contributed by atoms with E-state index in [1.165, 1.54) is 0 Å². The minimum Gasteiger partial charge on any atom is -0.399 e. The van der Waals surface area contributed by atoms with Gasteiger partial charge in [0.15, 0.2) is 0 Å². The number of nitrogens with zero attached hydrogens (tertiary/aromatic N) is 3. The summed E-state index contributed by atoms with van der Waals surface area (Å²) in [4.78, 5) is 18.9. The van der Waals surface area contributed by atoms with Gasteiger partial charge in [-0.1, -0.05) is 12.1 Å². The van der Waals surface area contributed by atoms with Crippen LogP contribution in [0.2, 0.25) is 0 Å². The summed E-state index contributed by atoms with van der Waals surface area (Å²) >= 11 is 0. The van der Waals surface area contributed by atoms with E-state index in [9.17, 15) is 4.79 Å². The number of carbonyl (C=O) groups excluding carboxylic acids is 1. The van der Waals surface area contributed by atoms with Crippen molar-refractivity contribution in [2.75, 3.05) is 18.8 Å². The van der Waals surface area contributed by atoms with Crippen molar-refractivity contribution in [2.24, 2.45) is 0 Å². The Hall–Kier alpha value is -2.30. The molecule has 1 unspecified atom stereocenters. The third-order valence-corrected chi connectivity index (χ3v) is 4.01. The van der Waals surface area contributed by atoms with Crippen molar-refractivity contribution >= 4 is 11.6 Å². The molecule has 1 amide bonds. The quantitative estimate of drug-likeness (QED) is 0.880. The highest BCUT2D eigenvalue weighted by atomic mass is 16.2. The van der Waals surface area contributed by atoms with Crippen LogP contribution >= 0.6 is 0 Å². The molecule has 1 atom stereocenters. The topological polar surface area (TPSA) is 64.2 Å². The summed E-state index contributed by atoms with van der Waals surface area (Å²) in [5.41, 5.74) is 7.46. The lowest BCUT2D eigenvalue weighted by molar-refractivity contribution is -0.133. The Morgan fingerprint density at radius 3 is 2.81 bits per heavy atom. The molecule has 0 aliphatic carbocycles. The molecule has 1 aliphatic rings. The maximum absolute atomic E-state index is 12.5. The second-order valence-electron chi connectivity index (χ2n) is 5.49. The predicted octanol–water partition coefficient (Wildman–Crippen LogP) is 2.32. The first-order valence-corrected chi connectivity index (χ1v) is 7.34. The molecule has 1 aromatic carbocycles. The molecule has 1 fully saturated rings. The SMILES string of the molecule is CC(C(=O)N1CCCC1)n1ccnc1-c1cccc(N)c1. The summed E-state index contributed by atoms with van der Waals surface area (Å²) in [5.74, 6) is 0.943. The molecule has 0 bridgehead atoms. The molecule has 1 aromatic heterocycles. The van der Waals surface area contributed by atoms with Crippen LogP contribution < -0.4 is 5.73 Å². The zero-order valence-electron chi connectivity index (χ0n) is 12.2. The van der Waals surface area contributed by atoms with Crippen molar-refractivity contribution in [3.8, 4) is 11.4 Å². The second kappa shape index (κ2) is 5.60. The summed E-state index contributed by atoms with van der Waals surface area (Å²) in [6.07, 6.45) is 5.79. The Morgan fingerprint density at radius 1 is 1.33 bits per heavy atom. The molecule has 0 spiro atoms. The highest BCUT2D eigenvalue weighted by molar-refractivity contribution is 5.81. The summed E-state index contributed by atoms with van der Waals surface area (Å²) in [7, 11) is 0. The molecular weight excluding hydrogens is 264 g/mol. The number of aromatic nitrogens is 2. The molecular formula is C16H20N4O. The Morgan fingerprint density at radius 2 is 2.10 bits per heavy atom. The van der Waals surface area contributed by atoms with Crippen molar-refractivity contribution in [3.05, 3.63) is 36.7 Å². The lowest BCUT2D eigenvalue weighted by Crippen LogP contribution is -2.34. The zero-order valence-corrected chi connectivity index (χ0v) is 12.2. The maximum atomic E-state index is 12.5. The summed E-state index contributed by atoms with van der Waals surface area (Å²) < 4.78 is 1.93. The third kappa shape index (κ3) is 2.63. The van der Waals surface area contributed by atoms with E-state index in [2.05, 4.69) is 4.98 Å². The van der Waals surface area contributed by atoms with Gasteiger partial charge in [-0.3, -0.25) is 4.79 Å². The van der Waals surface area contributed by atoms with Crippen LogP contribution in [0.15, 0.2) is 36.7 Å². The first-order valence-electron chi connectivity index (χ1n) is 7.34. The van der Waals surface area contributed by atoms with Crippen LogP contribution in [-0.4, -0.2) is 33.4 Å². The second-order valence-corrected chi connectivity index (χ2v) is 5.49. The number of imidazole rings is 1. The number of benzene rings is 1. The molecule has 2 heterocycles. The summed E-state index contributed by atoms with van der Waals surface area (Å²) in [5, 5.41) is 0. The maximum Gasteiger partial charge on any atom is 0.245 e. The number of carbonyl (C=O) groups is 1.